The quantitative estimate of drug-likeness (QED) is 0.505. The van der Waals surface area contributed by atoms with E-state index in [0.717, 1.165) is 64.5 Å². The molecule has 8 heteroatoms. The van der Waals surface area contributed by atoms with Gasteiger partial charge in [0.1, 0.15) is 5.76 Å². The number of piperidine rings is 1. The molecule has 0 aliphatic carbocycles. The smallest absolute Gasteiger partial charge is 0.250 e. The monoisotopic (exact) mass is 528 g/mol. The van der Waals surface area contributed by atoms with Gasteiger partial charge in [-0.15, -0.1) is 0 Å². The lowest BCUT2D eigenvalue weighted by Gasteiger charge is -2.42. The predicted octanol–water partition coefficient (Wildman–Crippen LogP) is 2.96. The summed E-state index contributed by atoms with van der Waals surface area (Å²) >= 11 is 0. The molecule has 0 unspecified atom stereocenters. The number of aromatic hydroxyl groups is 1. The predicted molar refractivity (Wildman–Crippen MR) is 151 cm³/mol. The Bertz CT molecular complexity index is 1440. The molecule has 6 rings (SSSR count). The van der Waals surface area contributed by atoms with E-state index in [0.29, 0.717) is 36.4 Å². The van der Waals surface area contributed by atoms with Crippen LogP contribution in [-0.4, -0.2) is 70.2 Å². The maximum Gasteiger partial charge on any atom is 0.250 e. The van der Waals surface area contributed by atoms with Crippen LogP contribution < -0.4 is 11.0 Å². The topological polar surface area (TPSA) is 82.2 Å². The minimum atomic E-state index is -0.384. The fourth-order valence-electron chi connectivity index (χ4n) is 6.35. The molecule has 2 saturated heterocycles. The maximum absolute atomic E-state index is 12.6. The number of hydrogen-bond donors (Lipinski definition) is 1. The number of likely N-dealkylation sites (tertiary alicyclic amines) is 1. The average molecular weight is 529 g/mol. The second-order valence-electron chi connectivity index (χ2n) is 11.1. The zero-order valence-corrected chi connectivity index (χ0v) is 22.2. The van der Waals surface area contributed by atoms with E-state index >= 15 is 0 Å². The number of nitrogens with zero attached hydrogens (tertiary/aromatic N) is 4. The van der Waals surface area contributed by atoms with Crippen LogP contribution in [0.2, 0.25) is 0 Å². The maximum atomic E-state index is 12.6. The third-order valence-electron chi connectivity index (χ3n) is 8.28. The van der Waals surface area contributed by atoms with Crippen molar-refractivity contribution < 1.29 is 9.52 Å². The summed E-state index contributed by atoms with van der Waals surface area (Å²) in [5, 5.41) is 10.5. The van der Waals surface area contributed by atoms with E-state index in [9.17, 15) is 14.7 Å². The van der Waals surface area contributed by atoms with E-state index in [1.807, 2.05) is 28.8 Å². The fraction of sp³-hybridized carbons (Fsp3) is 0.419. The summed E-state index contributed by atoms with van der Waals surface area (Å²) in [7, 11) is 0. The number of pyridine rings is 1. The lowest BCUT2D eigenvalue weighted by atomic mass is 9.83. The number of fused-ring (bicyclic) bond motifs is 4. The first kappa shape index (κ1) is 25.8. The molecule has 0 saturated carbocycles. The number of benzene rings is 1. The summed E-state index contributed by atoms with van der Waals surface area (Å²) in [5.41, 5.74) is 2.00. The Morgan fingerprint density at radius 1 is 0.872 bits per heavy atom. The first-order valence-corrected chi connectivity index (χ1v) is 13.9. The Kier molecular flexibility index (Phi) is 7.50. The van der Waals surface area contributed by atoms with Crippen LogP contribution >= 0.6 is 0 Å². The molecule has 5 heterocycles. The van der Waals surface area contributed by atoms with E-state index in [1.54, 1.807) is 6.07 Å². The molecule has 2 atom stereocenters. The molecule has 8 nitrogen and oxygen atoms in total. The molecular formula is C31H36N4O4. The summed E-state index contributed by atoms with van der Waals surface area (Å²) in [5.74, 6) is 1.36. The standard InChI is InChI=1S/C31H36N4O4/c36-28-17-26(21-34-18-24-16-25(20-34)27-9-4-10-30(37)35(27)19-24)39-29(31(28)38)22-33-14-12-32(13-15-33)11-5-8-23-6-2-1-3-7-23/h1-10,17,24-25,38H,11-16,18-22H2/b8-5+/t24-,25+/m1/s1. The van der Waals surface area contributed by atoms with Gasteiger partial charge in [0, 0.05) is 76.1 Å². The third kappa shape index (κ3) is 5.93. The van der Waals surface area contributed by atoms with Gasteiger partial charge < -0.3 is 14.1 Å². The highest BCUT2D eigenvalue weighted by atomic mass is 16.4. The SMILES string of the molecule is O=c1cc(CN2C[C@H]3C[C@@H](C2)c2cccc(=O)n2C3)oc(CN2CCN(C/C=C/c3ccccc3)CC2)c1O. The third-order valence-corrected chi connectivity index (χ3v) is 8.28. The van der Waals surface area contributed by atoms with Crippen molar-refractivity contribution in [3.63, 3.8) is 0 Å². The van der Waals surface area contributed by atoms with Crippen molar-refractivity contribution in [3.05, 3.63) is 104 Å². The molecule has 1 N–H and O–H groups in total. The fourth-order valence-corrected chi connectivity index (χ4v) is 6.35. The summed E-state index contributed by atoms with van der Waals surface area (Å²) < 4.78 is 8.06. The van der Waals surface area contributed by atoms with Crippen molar-refractivity contribution in [2.24, 2.45) is 5.92 Å². The lowest BCUT2D eigenvalue weighted by molar-refractivity contribution is 0.103. The van der Waals surface area contributed by atoms with Crippen LogP contribution in [0.4, 0.5) is 0 Å². The zero-order valence-electron chi connectivity index (χ0n) is 22.2. The summed E-state index contributed by atoms with van der Waals surface area (Å²) in [4.78, 5) is 31.9. The molecule has 204 valence electrons. The van der Waals surface area contributed by atoms with Gasteiger partial charge in [-0.2, -0.15) is 0 Å². The van der Waals surface area contributed by atoms with Gasteiger partial charge in [0.15, 0.2) is 5.76 Å². The summed E-state index contributed by atoms with van der Waals surface area (Å²) in [6.45, 7) is 7.80. The minimum absolute atomic E-state index is 0.0781. The highest BCUT2D eigenvalue weighted by molar-refractivity contribution is 5.48. The minimum Gasteiger partial charge on any atom is -0.502 e. The van der Waals surface area contributed by atoms with Crippen LogP contribution in [0, 0.1) is 5.92 Å². The van der Waals surface area contributed by atoms with Crippen LogP contribution in [0.25, 0.3) is 6.08 Å². The molecule has 1 aromatic carbocycles. The van der Waals surface area contributed by atoms with Crippen LogP contribution in [0.15, 0.2) is 74.7 Å². The van der Waals surface area contributed by atoms with Gasteiger partial charge in [0.25, 0.3) is 5.56 Å². The zero-order chi connectivity index (χ0) is 26.8. The van der Waals surface area contributed by atoms with Crippen LogP contribution in [0.3, 0.4) is 0 Å². The van der Waals surface area contributed by atoms with Crippen LogP contribution in [0.1, 0.15) is 35.1 Å². The van der Waals surface area contributed by atoms with Crippen molar-refractivity contribution in [1.29, 1.82) is 0 Å². The highest BCUT2D eigenvalue weighted by Crippen LogP contribution is 2.35. The van der Waals surface area contributed by atoms with Crippen LogP contribution in [-0.2, 0) is 19.6 Å². The average Bonchev–Trinajstić information content (AvgIpc) is 2.94. The number of piperazine rings is 1. The van der Waals surface area contributed by atoms with Crippen molar-refractivity contribution in [2.45, 2.75) is 32.0 Å². The van der Waals surface area contributed by atoms with Gasteiger partial charge in [-0.05, 0) is 24.0 Å². The van der Waals surface area contributed by atoms with Gasteiger partial charge >= 0.3 is 0 Å². The van der Waals surface area contributed by atoms with Gasteiger partial charge in [-0.1, -0.05) is 48.6 Å². The van der Waals surface area contributed by atoms with Gasteiger partial charge in [-0.3, -0.25) is 24.3 Å². The Morgan fingerprint density at radius 2 is 1.67 bits per heavy atom. The van der Waals surface area contributed by atoms with Crippen molar-refractivity contribution in [2.75, 3.05) is 45.8 Å². The Hall–Kier alpha value is -3.46. The molecule has 2 fully saturated rings. The molecule has 0 radical (unpaired) electrons. The number of hydrogen-bond acceptors (Lipinski definition) is 7. The van der Waals surface area contributed by atoms with E-state index in [-0.39, 0.29) is 16.7 Å². The second-order valence-corrected chi connectivity index (χ2v) is 11.1. The Balaban J connectivity index is 1.06. The summed E-state index contributed by atoms with van der Waals surface area (Å²) in [6, 6.07) is 17.3. The molecule has 0 spiro atoms. The van der Waals surface area contributed by atoms with Gasteiger partial charge in [0.05, 0.1) is 13.1 Å². The molecule has 2 bridgehead atoms. The van der Waals surface area contributed by atoms with Crippen LogP contribution in [0.5, 0.6) is 5.75 Å². The van der Waals surface area contributed by atoms with Gasteiger partial charge in [-0.25, -0.2) is 0 Å². The molecule has 39 heavy (non-hydrogen) atoms. The van der Waals surface area contributed by atoms with E-state index < -0.39 is 0 Å². The molecule has 3 aliphatic heterocycles. The largest absolute Gasteiger partial charge is 0.502 e. The number of rotatable bonds is 7. The lowest BCUT2D eigenvalue weighted by Crippen LogP contribution is -2.46. The van der Waals surface area contributed by atoms with E-state index in [1.165, 1.54) is 11.6 Å². The number of aromatic nitrogens is 1. The molecule has 3 aromatic rings. The molecular weight excluding hydrogens is 492 g/mol. The Labute approximate surface area is 228 Å². The molecule has 0 amide bonds. The highest BCUT2D eigenvalue weighted by Gasteiger charge is 2.34. The van der Waals surface area contributed by atoms with Crippen molar-refractivity contribution in [1.82, 2.24) is 19.3 Å². The first-order valence-electron chi connectivity index (χ1n) is 13.9. The second kappa shape index (κ2) is 11.3. The molecule has 3 aliphatic rings. The summed E-state index contributed by atoms with van der Waals surface area (Å²) in [6.07, 6.45) is 5.43. The normalized spacial score (nSPS) is 22.3. The van der Waals surface area contributed by atoms with Crippen molar-refractivity contribution in [3.8, 4) is 5.75 Å². The van der Waals surface area contributed by atoms with Crippen molar-refractivity contribution >= 4 is 6.08 Å². The van der Waals surface area contributed by atoms with Gasteiger partial charge in [0.2, 0.25) is 11.2 Å². The van der Waals surface area contributed by atoms with E-state index in [4.69, 9.17) is 4.42 Å². The first-order chi connectivity index (χ1) is 19.0. The molecule has 2 aromatic heterocycles. The van der Waals surface area contributed by atoms with E-state index in [2.05, 4.69) is 45.1 Å². The Morgan fingerprint density at radius 3 is 2.49 bits per heavy atom.